The highest BCUT2D eigenvalue weighted by Gasteiger charge is 2.19. The lowest BCUT2D eigenvalue weighted by atomic mass is 10.1. The molecule has 8 heteroatoms. The van der Waals surface area contributed by atoms with Gasteiger partial charge in [0.1, 0.15) is 10.7 Å². The van der Waals surface area contributed by atoms with Crippen molar-refractivity contribution in [2.24, 2.45) is 0 Å². The van der Waals surface area contributed by atoms with E-state index in [2.05, 4.69) is 32.1 Å². The first-order valence-electron chi connectivity index (χ1n) is 8.60. The topological polar surface area (TPSA) is 75.1 Å². The van der Waals surface area contributed by atoms with E-state index in [1.807, 2.05) is 24.0 Å². The fourth-order valence-electron chi connectivity index (χ4n) is 3.02. The third-order valence-electron chi connectivity index (χ3n) is 4.59. The van der Waals surface area contributed by atoms with Crippen LogP contribution in [0.25, 0.3) is 21.5 Å². The zero-order valence-corrected chi connectivity index (χ0v) is 15.7. The summed E-state index contributed by atoms with van der Waals surface area (Å²) < 4.78 is 0. The number of amides is 1. The molecule has 7 nitrogen and oxygen atoms in total. The number of aromatic nitrogens is 4. The third kappa shape index (κ3) is 3.56. The second-order valence-corrected chi connectivity index (χ2v) is 7.76. The van der Waals surface area contributed by atoms with E-state index in [4.69, 9.17) is 0 Å². The molecule has 1 saturated heterocycles. The van der Waals surface area contributed by atoms with Gasteiger partial charge in [0.2, 0.25) is 5.91 Å². The highest BCUT2D eigenvalue weighted by atomic mass is 32.1. The van der Waals surface area contributed by atoms with Gasteiger partial charge in [-0.1, -0.05) is 11.3 Å². The van der Waals surface area contributed by atoms with E-state index < -0.39 is 0 Å². The maximum atomic E-state index is 12.5. The van der Waals surface area contributed by atoms with E-state index in [1.165, 1.54) is 11.3 Å². The Hall–Kier alpha value is -2.45. The van der Waals surface area contributed by atoms with Crippen LogP contribution in [-0.2, 0) is 11.2 Å². The van der Waals surface area contributed by atoms with Crippen LogP contribution in [0, 0.1) is 6.92 Å². The second-order valence-electron chi connectivity index (χ2n) is 6.58. The standard InChI is InChI=1S/C18H20N6OS/c1-12-21-22-18(26-12)16-8-13-7-15(19-10-14(13)11-20-16)9-17(25)24-5-3-23(2)4-6-24/h7-8,10-11H,3-6,9H2,1-2H3. The first-order valence-corrected chi connectivity index (χ1v) is 9.41. The van der Waals surface area contributed by atoms with Crippen LogP contribution < -0.4 is 0 Å². The number of likely N-dealkylation sites (N-methyl/N-ethyl adjacent to an activating group) is 1. The van der Waals surface area contributed by atoms with E-state index >= 15 is 0 Å². The van der Waals surface area contributed by atoms with Gasteiger partial charge in [-0.05, 0) is 31.5 Å². The molecule has 4 heterocycles. The number of hydrogen-bond donors (Lipinski definition) is 0. The summed E-state index contributed by atoms with van der Waals surface area (Å²) in [5.41, 5.74) is 1.58. The van der Waals surface area contributed by atoms with Gasteiger partial charge in [0.05, 0.1) is 12.1 Å². The molecule has 1 fully saturated rings. The smallest absolute Gasteiger partial charge is 0.228 e. The molecule has 4 rings (SSSR count). The van der Waals surface area contributed by atoms with Crippen LogP contribution in [0.15, 0.2) is 24.5 Å². The van der Waals surface area contributed by atoms with Crippen molar-refractivity contribution < 1.29 is 4.79 Å². The van der Waals surface area contributed by atoms with Crippen LogP contribution in [0.4, 0.5) is 0 Å². The van der Waals surface area contributed by atoms with Crippen molar-refractivity contribution in [3.8, 4) is 10.7 Å². The average Bonchev–Trinajstić information content (AvgIpc) is 3.08. The Balaban J connectivity index is 1.55. The zero-order chi connectivity index (χ0) is 18.1. The van der Waals surface area contributed by atoms with Crippen molar-refractivity contribution in [2.75, 3.05) is 33.2 Å². The molecule has 0 radical (unpaired) electrons. The Morgan fingerprint density at radius 3 is 2.58 bits per heavy atom. The Morgan fingerprint density at radius 2 is 1.85 bits per heavy atom. The van der Waals surface area contributed by atoms with E-state index in [9.17, 15) is 4.79 Å². The summed E-state index contributed by atoms with van der Waals surface area (Å²) in [6.45, 7) is 5.34. The number of carbonyl (C=O) groups is 1. The summed E-state index contributed by atoms with van der Waals surface area (Å²) in [4.78, 5) is 25.6. The molecule has 0 N–H and O–H groups in total. The maximum Gasteiger partial charge on any atom is 0.228 e. The van der Waals surface area contributed by atoms with Gasteiger partial charge in [-0.3, -0.25) is 14.8 Å². The van der Waals surface area contributed by atoms with Gasteiger partial charge in [0.15, 0.2) is 5.01 Å². The Morgan fingerprint density at radius 1 is 1.08 bits per heavy atom. The number of piperazine rings is 1. The molecule has 1 aliphatic heterocycles. The number of fused-ring (bicyclic) bond motifs is 1. The van der Waals surface area contributed by atoms with Gasteiger partial charge in [-0.2, -0.15) is 0 Å². The molecule has 0 saturated carbocycles. The SMILES string of the molecule is Cc1nnc(-c2cc3cc(CC(=O)N4CCN(C)CC4)ncc3cn2)s1. The van der Waals surface area contributed by atoms with Gasteiger partial charge < -0.3 is 9.80 Å². The predicted octanol–water partition coefficient (Wildman–Crippen LogP) is 1.77. The largest absolute Gasteiger partial charge is 0.340 e. The summed E-state index contributed by atoms with van der Waals surface area (Å²) in [5, 5.41) is 11.9. The number of nitrogens with zero attached hydrogens (tertiary/aromatic N) is 6. The van der Waals surface area contributed by atoms with Crippen molar-refractivity contribution in [3.05, 3.63) is 35.2 Å². The van der Waals surface area contributed by atoms with E-state index in [-0.39, 0.29) is 5.91 Å². The minimum Gasteiger partial charge on any atom is -0.340 e. The Bertz CT molecular complexity index is 948. The molecule has 3 aromatic rings. The Labute approximate surface area is 155 Å². The molecular weight excluding hydrogens is 348 g/mol. The minimum absolute atomic E-state index is 0.138. The highest BCUT2D eigenvalue weighted by molar-refractivity contribution is 7.14. The van der Waals surface area contributed by atoms with Crippen molar-refractivity contribution in [2.45, 2.75) is 13.3 Å². The maximum absolute atomic E-state index is 12.5. The molecule has 3 aromatic heterocycles. The molecule has 0 unspecified atom stereocenters. The van der Waals surface area contributed by atoms with Gasteiger partial charge in [-0.25, -0.2) is 0 Å². The molecule has 1 amide bonds. The second kappa shape index (κ2) is 7.05. The number of rotatable bonds is 3. The summed E-state index contributed by atoms with van der Waals surface area (Å²) >= 11 is 1.52. The lowest BCUT2D eigenvalue weighted by Crippen LogP contribution is -2.47. The fourth-order valence-corrected chi connectivity index (χ4v) is 3.68. The van der Waals surface area contributed by atoms with E-state index in [0.717, 1.165) is 58.4 Å². The summed E-state index contributed by atoms with van der Waals surface area (Å²) in [6.07, 6.45) is 3.90. The van der Waals surface area contributed by atoms with Crippen LogP contribution in [0.2, 0.25) is 0 Å². The van der Waals surface area contributed by atoms with Crippen molar-refractivity contribution >= 4 is 28.0 Å². The van der Waals surface area contributed by atoms with Gasteiger partial charge in [0, 0.05) is 44.0 Å². The van der Waals surface area contributed by atoms with E-state index in [0.29, 0.717) is 6.42 Å². The highest BCUT2D eigenvalue weighted by Crippen LogP contribution is 2.24. The number of hydrogen-bond acceptors (Lipinski definition) is 7. The van der Waals surface area contributed by atoms with Gasteiger partial charge in [-0.15, -0.1) is 10.2 Å². The number of aryl methyl sites for hydroxylation is 1. The molecule has 0 bridgehead atoms. The van der Waals surface area contributed by atoms with Crippen molar-refractivity contribution in [3.63, 3.8) is 0 Å². The summed E-state index contributed by atoms with van der Waals surface area (Å²) in [5.74, 6) is 0.138. The zero-order valence-electron chi connectivity index (χ0n) is 14.8. The quantitative estimate of drug-likeness (QED) is 0.701. The van der Waals surface area contributed by atoms with Crippen molar-refractivity contribution in [1.82, 2.24) is 30.0 Å². The predicted molar refractivity (Wildman–Crippen MR) is 101 cm³/mol. The van der Waals surface area contributed by atoms with Crippen molar-refractivity contribution in [1.29, 1.82) is 0 Å². The van der Waals surface area contributed by atoms with E-state index in [1.54, 1.807) is 12.4 Å². The van der Waals surface area contributed by atoms with Crippen LogP contribution >= 0.6 is 11.3 Å². The molecular formula is C18H20N6OS. The molecule has 0 spiro atoms. The molecule has 0 atom stereocenters. The first-order chi connectivity index (χ1) is 12.6. The number of carbonyl (C=O) groups excluding carboxylic acids is 1. The van der Waals surface area contributed by atoms with Gasteiger partial charge >= 0.3 is 0 Å². The number of pyridine rings is 2. The first kappa shape index (κ1) is 17.0. The molecule has 0 aliphatic carbocycles. The van der Waals surface area contributed by atoms with Crippen LogP contribution in [0.3, 0.4) is 0 Å². The monoisotopic (exact) mass is 368 g/mol. The van der Waals surface area contributed by atoms with Crippen LogP contribution in [-0.4, -0.2) is 69.1 Å². The summed E-state index contributed by atoms with van der Waals surface area (Å²) in [7, 11) is 2.08. The minimum atomic E-state index is 0.138. The lowest BCUT2D eigenvalue weighted by Gasteiger charge is -2.32. The fraction of sp³-hybridized carbons (Fsp3) is 0.389. The third-order valence-corrected chi connectivity index (χ3v) is 5.45. The molecule has 1 aliphatic rings. The Kier molecular flexibility index (Phi) is 4.60. The van der Waals surface area contributed by atoms with Gasteiger partial charge in [0.25, 0.3) is 0 Å². The molecule has 26 heavy (non-hydrogen) atoms. The average molecular weight is 368 g/mol. The molecule has 0 aromatic carbocycles. The summed E-state index contributed by atoms with van der Waals surface area (Å²) in [6, 6.07) is 3.96. The molecule has 134 valence electrons. The lowest BCUT2D eigenvalue weighted by molar-refractivity contribution is -0.132. The normalized spacial score (nSPS) is 15.5. The van der Waals surface area contributed by atoms with Crippen LogP contribution in [0.5, 0.6) is 0 Å². The van der Waals surface area contributed by atoms with Crippen LogP contribution in [0.1, 0.15) is 10.7 Å².